The van der Waals surface area contributed by atoms with Gasteiger partial charge in [0.1, 0.15) is 5.52 Å². The van der Waals surface area contributed by atoms with Crippen LogP contribution in [0.1, 0.15) is 49.4 Å². The molecule has 3 atom stereocenters. The fourth-order valence-corrected chi connectivity index (χ4v) is 5.25. The van der Waals surface area contributed by atoms with E-state index in [0.717, 1.165) is 19.4 Å². The number of carbonyl (C=O) groups is 1. The molecule has 1 N–H and O–H groups in total. The predicted molar refractivity (Wildman–Crippen MR) is 111 cm³/mol. The maximum absolute atomic E-state index is 13.1. The molecule has 29 heavy (non-hydrogen) atoms. The van der Waals surface area contributed by atoms with Crippen molar-refractivity contribution < 1.29 is 13.9 Å². The lowest BCUT2D eigenvalue weighted by Gasteiger charge is -2.47. The summed E-state index contributed by atoms with van der Waals surface area (Å²) < 4.78 is 11.5. The van der Waals surface area contributed by atoms with Crippen LogP contribution < -0.4 is 10.2 Å². The lowest BCUT2D eigenvalue weighted by Crippen LogP contribution is -2.55. The van der Waals surface area contributed by atoms with Gasteiger partial charge in [0.25, 0.3) is 11.9 Å². The third-order valence-electron chi connectivity index (χ3n) is 6.94. The Kier molecular flexibility index (Phi) is 4.95. The number of rotatable bonds is 3. The van der Waals surface area contributed by atoms with Gasteiger partial charge in [-0.2, -0.15) is 4.98 Å². The minimum absolute atomic E-state index is 0.0434. The highest BCUT2D eigenvalue weighted by molar-refractivity contribution is 6.04. The Hall–Kier alpha value is -2.12. The molecule has 0 saturated carbocycles. The summed E-state index contributed by atoms with van der Waals surface area (Å²) in [5.74, 6) is -0.0434. The topological polar surface area (TPSA) is 70.8 Å². The zero-order chi connectivity index (χ0) is 20.0. The van der Waals surface area contributed by atoms with E-state index in [1.807, 2.05) is 18.2 Å². The van der Waals surface area contributed by atoms with Crippen LogP contribution in [-0.2, 0) is 4.74 Å². The minimum atomic E-state index is -0.0434. The highest BCUT2D eigenvalue weighted by Crippen LogP contribution is 2.33. The maximum Gasteiger partial charge on any atom is 0.298 e. The summed E-state index contributed by atoms with van der Waals surface area (Å²) in [5, 5.41) is 3.29. The first kappa shape index (κ1) is 18.9. The van der Waals surface area contributed by atoms with Gasteiger partial charge in [-0.1, -0.05) is 12.5 Å². The number of amides is 1. The second kappa shape index (κ2) is 7.61. The fraction of sp³-hybridized carbons (Fsp3) is 0.636. The summed E-state index contributed by atoms with van der Waals surface area (Å²) in [7, 11) is 2.23. The van der Waals surface area contributed by atoms with Gasteiger partial charge in [0.05, 0.1) is 24.8 Å². The van der Waals surface area contributed by atoms with Gasteiger partial charge in [0.2, 0.25) is 0 Å². The third-order valence-corrected chi connectivity index (χ3v) is 6.94. The minimum Gasteiger partial charge on any atom is -0.423 e. The van der Waals surface area contributed by atoms with E-state index in [1.54, 1.807) is 0 Å². The molecular weight excluding hydrogens is 368 g/mol. The van der Waals surface area contributed by atoms with E-state index in [1.165, 1.54) is 19.3 Å². The summed E-state index contributed by atoms with van der Waals surface area (Å²) in [5.41, 5.74) is 1.90. The quantitative estimate of drug-likeness (QED) is 0.857. The smallest absolute Gasteiger partial charge is 0.298 e. The van der Waals surface area contributed by atoms with Crippen molar-refractivity contribution in [3.8, 4) is 0 Å². The van der Waals surface area contributed by atoms with E-state index < -0.39 is 0 Å². The van der Waals surface area contributed by atoms with Crippen LogP contribution in [0, 0.1) is 0 Å². The van der Waals surface area contributed by atoms with Crippen molar-refractivity contribution in [2.75, 3.05) is 31.7 Å². The van der Waals surface area contributed by atoms with Crippen molar-refractivity contribution in [2.24, 2.45) is 0 Å². The number of nitrogens with zero attached hydrogens (tertiary/aromatic N) is 3. The van der Waals surface area contributed by atoms with Crippen LogP contribution in [0.25, 0.3) is 11.1 Å². The molecule has 0 aliphatic carbocycles. The van der Waals surface area contributed by atoms with Gasteiger partial charge < -0.3 is 24.3 Å². The molecule has 2 aromatic rings. The van der Waals surface area contributed by atoms with Crippen molar-refractivity contribution in [3.63, 3.8) is 0 Å². The lowest BCUT2D eigenvalue weighted by atomic mass is 9.82. The highest BCUT2D eigenvalue weighted by Gasteiger charge is 2.36. The molecule has 2 unspecified atom stereocenters. The van der Waals surface area contributed by atoms with Crippen molar-refractivity contribution in [3.05, 3.63) is 23.8 Å². The van der Waals surface area contributed by atoms with E-state index in [4.69, 9.17) is 14.1 Å². The zero-order valence-electron chi connectivity index (χ0n) is 17.3. The summed E-state index contributed by atoms with van der Waals surface area (Å²) in [6, 6.07) is 7.79. The fourth-order valence-electron chi connectivity index (χ4n) is 5.25. The van der Waals surface area contributed by atoms with Crippen molar-refractivity contribution in [2.45, 2.75) is 63.2 Å². The monoisotopic (exact) mass is 398 g/mol. The van der Waals surface area contributed by atoms with Crippen LogP contribution in [0.4, 0.5) is 6.01 Å². The number of fused-ring (bicyclic) bond motifs is 3. The van der Waals surface area contributed by atoms with Gasteiger partial charge in [0.15, 0.2) is 5.58 Å². The molecule has 7 heteroatoms. The number of piperidine rings is 2. The lowest BCUT2D eigenvalue weighted by molar-refractivity contribution is 0.0463. The van der Waals surface area contributed by atoms with E-state index in [9.17, 15) is 4.79 Å². The second-order valence-corrected chi connectivity index (χ2v) is 8.81. The molecule has 5 rings (SSSR count). The SMILES string of the molecule is C[C@@H]1COCCN1c1nc2c(C(=O)NC3CC4CCCC(C3)N4C)cccc2o1. The molecule has 3 aliphatic heterocycles. The number of hydrogen-bond acceptors (Lipinski definition) is 6. The number of carbonyl (C=O) groups excluding carboxylic acids is 1. The van der Waals surface area contributed by atoms with Crippen LogP contribution in [0.3, 0.4) is 0 Å². The molecule has 4 heterocycles. The average Bonchev–Trinajstić information content (AvgIpc) is 3.13. The number of benzene rings is 1. The molecule has 156 valence electrons. The third kappa shape index (κ3) is 3.51. The molecule has 7 nitrogen and oxygen atoms in total. The van der Waals surface area contributed by atoms with Gasteiger partial charge in [-0.25, -0.2) is 0 Å². The zero-order valence-corrected chi connectivity index (χ0v) is 17.3. The highest BCUT2D eigenvalue weighted by atomic mass is 16.5. The molecule has 3 aliphatic rings. The Labute approximate surface area is 171 Å². The Morgan fingerprint density at radius 2 is 2.03 bits per heavy atom. The Morgan fingerprint density at radius 1 is 1.24 bits per heavy atom. The standard InChI is InChI=1S/C22H30N4O3/c1-14-13-28-10-9-26(14)22-24-20-18(7-4-8-19(20)29-22)21(27)23-15-11-16-5-3-6-17(12-15)25(16)2/h4,7-8,14-17H,3,5-6,9-13H2,1-2H3,(H,23,27)/t14-,15?,16?,17?/m1/s1. The summed E-state index contributed by atoms with van der Waals surface area (Å²) in [4.78, 5) is 22.5. The second-order valence-electron chi connectivity index (χ2n) is 8.81. The van der Waals surface area contributed by atoms with E-state index >= 15 is 0 Å². The first-order chi connectivity index (χ1) is 14.1. The Bertz CT molecular complexity index is 883. The molecule has 2 bridgehead atoms. The van der Waals surface area contributed by atoms with Crippen molar-refractivity contribution >= 4 is 23.0 Å². The molecule has 1 aromatic heterocycles. The van der Waals surface area contributed by atoms with Crippen LogP contribution in [0.2, 0.25) is 0 Å². The summed E-state index contributed by atoms with van der Waals surface area (Å²) >= 11 is 0. The Morgan fingerprint density at radius 3 is 2.79 bits per heavy atom. The largest absolute Gasteiger partial charge is 0.423 e. The van der Waals surface area contributed by atoms with Gasteiger partial charge in [-0.15, -0.1) is 0 Å². The molecule has 3 saturated heterocycles. The van der Waals surface area contributed by atoms with Crippen LogP contribution in [0.5, 0.6) is 0 Å². The van der Waals surface area contributed by atoms with Crippen molar-refractivity contribution in [1.82, 2.24) is 15.2 Å². The van der Waals surface area contributed by atoms with Crippen molar-refractivity contribution in [1.29, 1.82) is 0 Å². The van der Waals surface area contributed by atoms with Gasteiger partial charge in [-0.3, -0.25) is 4.79 Å². The van der Waals surface area contributed by atoms with E-state index in [-0.39, 0.29) is 18.0 Å². The first-order valence-electron chi connectivity index (χ1n) is 10.9. The van der Waals surface area contributed by atoms with Gasteiger partial charge in [0, 0.05) is 24.7 Å². The van der Waals surface area contributed by atoms with Crippen LogP contribution in [0.15, 0.2) is 22.6 Å². The molecular formula is C22H30N4O3. The van der Waals surface area contributed by atoms with E-state index in [0.29, 0.717) is 48.0 Å². The van der Waals surface area contributed by atoms with Crippen LogP contribution >= 0.6 is 0 Å². The summed E-state index contributed by atoms with van der Waals surface area (Å²) in [6.07, 6.45) is 5.84. The normalized spacial score (nSPS) is 30.5. The van der Waals surface area contributed by atoms with Crippen LogP contribution in [-0.4, -0.2) is 66.8 Å². The average molecular weight is 399 g/mol. The molecule has 3 fully saturated rings. The molecule has 1 aromatic carbocycles. The molecule has 0 radical (unpaired) electrons. The van der Waals surface area contributed by atoms with E-state index in [2.05, 4.69) is 29.1 Å². The first-order valence-corrected chi connectivity index (χ1v) is 10.9. The number of para-hydroxylation sites is 1. The van der Waals surface area contributed by atoms with Gasteiger partial charge in [-0.05, 0) is 51.8 Å². The number of ether oxygens (including phenoxy) is 1. The predicted octanol–water partition coefficient (Wildman–Crippen LogP) is 2.80. The molecule has 0 spiro atoms. The number of oxazole rings is 1. The Balaban J connectivity index is 1.36. The summed E-state index contributed by atoms with van der Waals surface area (Å²) in [6.45, 7) is 4.16. The molecule has 1 amide bonds. The number of nitrogens with one attached hydrogen (secondary N) is 1. The number of aromatic nitrogens is 1. The number of anilines is 1. The number of hydrogen-bond donors (Lipinski definition) is 1. The van der Waals surface area contributed by atoms with Gasteiger partial charge >= 0.3 is 0 Å². The number of morpholine rings is 1. The maximum atomic E-state index is 13.1.